The third kappa shape index (κ3) is 5.14. The number of benzene rings is 1. The molecule has 4 heteroatoms. The van der Waals surface area contributed by atoms with E-state index in [0.29, 0.717) is 18.0 Å². The van der Waals surface area contributed by atoms with Gasteiger partial charge in [-0.3, -0.25) is 4.79 Å². The van der Waals surface area contributed by atoms with Crippen molar-refractivity contribution in [3.8, 4) is 0 Å². The number of halogens is 1. The van der Waals surface area contributed by atoms with Gasteiger partial charge in [0.1, 0.15) is 0 Å². The fourth-order valence-corrected chi connectivity index (χ4v) is 1.49. The molecule has 0 aliphatic heterocycles. The maximum absolute atomic E-state index is 11.5. The summed E-state index contributed by atoms with van der Waals surface area (Å²) in [6.45, 7) is 0.693. The number of hydrogen-bond donors (Lipinski definition) is 2. The molecule has 16 heavy (non-hydrogen) atoms. The molecule has 0 saturated carbocycles. The number of amides is 1. The molecule has 1 aromatic carbocycles. The summed E-state index contributed by atoms with van der Waals surface area (Å²) in [5.74, 6) is 0.0411. The van der Waals surface area contributed by atoms with Crippen LogP contribution in [0.15, 0.2) is 24.3 Å². The van der Waals surface area contributed by atoms with Crippen molar-refractivity contribution >= 4 is 23.2 Å². The molecular formula is C12H17ClN2O. The summed E-state index contributed by atoms with van der Waals surface area (Å²) in [4.78, 5) is 11.5. The summed E-state index contributed by atoms with van der Waals surface area (Å²) < 4.78 is 0. The number of hydrogen-bond acceptors (Lipinski definition) is 2. The summed E-state index contributed by atoms with van der Waals surface area (Å²) in [5.41, 5.74) is 6.16. The van der Waals surface area contributed by atoms with Gasteiger partial charge in [0, 0.05) is 17.1 Å². The van der Waals surface area contributed by atoms with Gasteiger partial charge < -0.3 is 11.1 Å². The molecule has 0 aliphatic rings. The Morgan fingerprint density at radius 3 is 2.50 bits per heavy atom. The van der Waals surface area contributed by atoms with Crippen molar-refractivity contribution in [2.45, 2.75) is 25.7 Å². The Bertz CT molecular complexity index is 324. The second kappa shape index (κ2) is 7.25. The molecule has 1 rings (SSSR count). The second-order valence-corrected chi connectivity index (χ2v) is 4.09. The van der Waals surface area contributed by atoms with Crippen LogP contribution in [0.1, 0.15) is 25.7 Å². The van der Waals surface area contributed by atoms with Crippen LogP contribution in [0.25, 0.3) is 0 Å². The van der Waals surface area contributed by atoms with Crippen molar-refractivity contribution in [3.05, 3.63) is 29.3 Å². The SMILES string of the molecule is NCCCCCC(=O)Nc1ccc(Cl)cc1. The largest absolute Gasteiger partial charge is 0.330 e. The van der Waals surface area contributed by atoms with Crippen LogP contribution in [-0.4, -0.2) is 12.5 Å². The fourth-order valence-electron chi connectivity index (χ4n) is 1.36. The number of rotatable bonds is 6. The highest BCUT2D eigenvalue weighted by Gasteiger charge is 2.01. The zero-order valence-electron chi connectivity index (χ0n) is 9.21. The topological polar surface area (TPSA) is 55.1 Å². The first-order valence-corrected chi connectivity index (χ1v) is 5.85. The summed E-state index contributed by atoms with van der Waals surface area (Å²) in [7, 11) is 0. The average Bonchev–Trinajstić information content (AvgIpc) is 2.28. The van der Waals surface area contributed by atoms with E-state index in [9.17, 15) is 4.79 Å². The third-order valence-corrected chi connectivity index (χ3v) is 2.49. The summed E-state index contributed by atoms with van der Waals surface area (Å²) in [6, 6.07) is 7.09. The minimum atomic E-state index is 0.0411. The highest BCUT2D eigenvalue weighted by atomic mass is 35.5. The van der Waals surface area contributed by atoms with Crippen molar-refractivity contribution in [1.29, 1.82) is 0 Å². The molecule has 0 spiro atoms. The monoisotopic (exact) mass is 240 g/mol. The van der Waals surface area contributed by atoms with Crippen molar-refractivity contribution < 1.29 is 4.79 Å². The Hall–Kier alpha value is -1.06. The van der Waals surface area contributed by atoms with Gasteiger partial charge in [0.2, 0.25) is 5.91 Å². The molecule has 1 aromatic rings. The van der Waals surface area contributed by atoms with Crippen LogP contribution < -0.4 is 11.1 Å². The lowest BCUT2D eigenvalue weighted by molar-refractivity contribution is -0.116. The lowest BCUT2D eigenvalue weighted by atomic mass is 10.2. The van der Waals surface area contributed by atoms with E-state index in [1.54, 1.807) is 24.3 Å². The predicted octanol–water partition coefficient (Wildman–Crippen LogP) is 2.80. The number of unbranched alkanes of at least 4 members (excludes halogenated alkanes) is 2. The van der Waals surface area contributed by atoms with Crippen LogP contribution in [0.5, 0.6) is 0 Å². The number of nitrogens with one attached hydrogen (secondary N) is 1. The first kappa shape index (κ1) is 13.0. The maximum atomic E-state index is 11.5. The van der Waals surface area contributed by atoms with Gasteiger partial charge in [-0.05, 0) is 43.7 Å². The molecule has 0 atom stereocenters. The summed E-state index contributed by atoms with van der Waals surface area (Å²) in [5, 5.41) is 3.48. The van der Waals surface area contributed by atoms with Crippen molar-refractivity contribution in [3.63, 3.8) is 0 Å². The minimum absolute atomic E-state index is 0.0411. The standard InChI is InChI=1S/C12H17ClN2O/c13-10-5-7-11(8-6-10)15-12(16)4-2-1-3-9-14/h5-8H,1-4,9,14H2,(H,15,16). The number of nitrogens with two attached hydrogens (primary N) is 1. The molecule has 3 nitrogen and oxygen atoms in total. The molecule has 3 N–H and O–H groups in total. The molecule has 0 radical (unpaired) electrons. The molecule has 0 bridgehead atoms. The van der Waals surface area contributed by atoms with E-state index in [-0.39, 0.29) is 5.91 Å². The van der Waals surface area contributed by atoms with Crippen LogP contribution in [0.3, 0.4) is 0 Å². The fraction of sp³-hybridized carbons (Fsp3) is 0.417. The Morgan fingerprint density at radius 1 is 1.19 bits per heavy atom. The van der Waals surface area contributed by atoms with Crippen molar-refractivity contribution in [2.24, 2.45) is 5.73 Å². The number of carbonyl (C=O) groups is 1. The molecular weight excluding hydrogens is 224 g/mol. The van der Waals surface area contributed by atoms with Gasteiger partial charge in [0.05, 0.1) is 0 Å². The first-order chi connectivity index (χ1) is 7.72. The Balaban J connectivity index is 2.26. The predicted molar refractivity (Wildman–Crippen MR) is 67.6 cm³/mol. The van der Waals surface area contributed by atoms with Gasteiger partial charge in [-0.1, -0.05) is 18.0 Å². The quantitative estimate of drug-likeness (QED) is 0.752. The second-order valence-electron chi connectivity index (χ2n) is 3.65. The lowest BCUT2D eigenvalue weighted by Gasteiger charge is -2.04. The molecule has 0 aromatic heterocycles. The normalized spacial score (nSPS) is 10.1. The zero-order valence-corrected chi connectivity index (χ0v) is 9.96. The molecule has 88 valence electrons. The Morgan fingerprint density at radius 2 is 1.88 bits per heavy atom. The van der Waals surface area contributed by atoms with E-state index in [1.807, 2.05) is 0 Å². The highest BCUT2D eigenvalue weighted by Crippen LogP contribution is 2.13. The smallest absolute Gasteiger partial charge is 0.224 e. The lowest BCUT2D eigenvalue weighted by Crippen LogP contribution is -2.11. The Labute approximate surface area is 101 Å². The van der Waals surface area contributed by atoms with Crippen molar-refractivity contribution in [1.82, 2.24) is 0 Å². The number of carbonyl (C=O) groups excluding carboxylic acids is 1. The first-order valence-electron chi connectivity index (χ1n) is 5.48. The third-order valence-electron chi connectivity index (χ3n) is 2.24. The van der Waals surface area contributed by atoms with E-state index in [2.05, 4.69) is 5.32 Å². The van der Waals surface area contributed by atoms with Gasteiger partial charge in [0.25, 0.3) is 0 Å². The van der Waals surface area contributed by atoms with E-state index in [1.165, 1.54) is 0 Å². The zero-order chi connectivity index (χ0) is 11.8. The molecule has 0 fully saturated rings. The number of anilines is 1. The van der Waals surface area contributed by atoms with Gasteiger partial charge in [0.15, 0.2) is 0 Å². The molecule has 1 amide bonds. The van der Waals surface area contributed by atoms with Crippen LogP contribution in [-0.2, 0) is 4.79 Å². The van der Waals surface area contributed by atoms with Crippen LogP contribution in [0.4, 0.5) is 5.69 Å². The van der Waals surface area contributed by atoms with Gasteiger partial charge in [-0.25, -0.2) is 0 Å². The Kier molecular flexibility index (Phi) is 5.90. The molecule has 0 unspecified atom stereocenters. The maximum Gasteiger partial charge on any atom is 0.224 e. The average molecular weight is 241 g/mol. The summed E-state index contributed by atoms with van der Waals surface area (Å²) >= 11 is 5.74. The summed E-state index contributed by atoms with van der Waals surface area (Å²) in [6.07, 6.45) is 3.41. The van der Waals surface area contributed by atoms with Crippen molar-refractivity contribution in [2.75, 3.05) is 11.9 Å². The van der Waals surface area contributed by atoms with E-state index >= 15 is 0 Å². The molecule has 0 saturated heterocycles. The molecule has 0 heterocycles. The van der Waals surface area contributed by atoms with Gasteiger partial charge in [-0.15, -0.1) is 0 Å². The van der Waals surface area contributed by atoms with E-state index < -0.39 is 0 Å². The van der Waals surface area contributed by atoms with Crippen LogP contribution in [0, 0.1) is 0 Å². The van der Waals surface area contributed by atoms with E-state index in [0.717, 1.165) is 24.9 Å². The minimum Gasteiger partial charge on any atom is -0.330 e. The highest BCUT2D eigenvalue weighted by molar-refractivity contribution is 6.30. The van der Waals surface area contributed by atoms with Crippen LogP contribution >= 0.6 is 11.6 Å². The van der Waals surface area contributed by atoms with Gasteiger partial charge in [-0.2, -0.15) is 0 Å². The van der Waals surface area contributed by atoms with Crippen LogP contribution in [0.2, 0.25) is 5.02 Å². The van der Waals surface area contributed by atoms with Gasteiger partial charge >= 0.3 is 0 Å². The molecule has 0 aliphatic carbocycles. The van der Waals surface area contributed by atoms with E-state index in [4.69, 9.17) is 17.3 Å².